The highest BCUT2D eigenvalue weighted by atomic mass is 16.5. The van der Waals surface area contributed by atoms with Crippen molar-refractivity contribution in [2.45, 2.75) is 64.6 Å². The second kappa shape index (κ2) is 8.58. The minimum absolute atomic E-state index is 0.276. The fraction of sp³-hybridized carbons (Fsp3) is 0.875. The summed E-state index contributed by atoms with van der Waals surface area (Å²) in [7, 11) is 0. The van der Waals surface area contributed by atoms with Gasteiger partial charge in [0.25, 0.3) is 0 Å². The van der Waals surface area contributed by atoms with Crippen LogP contribution in [0.25, 0.3) is 0 Å². The Morgan fingerprint density at radius 2 is 2.21 bits per heavy atom. The minimum Gasteiger partial charge on any atom is -0.346 e. The number of hydrogen-bond acceptors (Lipinski definition) is 3. The summed E-state index contributed by atoms with van der Waals surface area (Å²) in [6.07, 6.45) is 11.5. The molecule has 19 heavy (non-hydrogen) atoms. The van der Waals surface area contributed by atoms with E-state index < -0.39 is 0 Å². The smallest absolute Gasteiger partial charge is 0.135 e. The van der Waals surface area contributed by atoms with Crippen molar-refractivity contribution in [3.8, 4) is 12.3 Å². The van der Waals surface area contributed by atoms with Crippen molar-refractivity contribution in [2.75, 3.05) is 19.7 Å². The van der Waals surface area contributed by atoms with Crippen LogP contribution in [-0.2, 0) is 4.74 Å². The van der Waals surface area contributed by atoms with Gasteiger partial charge in [0.15, 0.2) is 0 Å². The van der Waals surface area contributed by atoms with Crippen LogP contribution in [0.15, 0.2) is 0 Å². The largest absolute Gasteiger partial charge is 0.346 e. The summed E-state index contributed by atoms with van der Waals surface area (Å²) >= 11 is 0. The first-order valence-corrected chi connectivity index (χ1v) is 7.74. The molecule has 0 radical (unpaired) electrons. The zero-order chi connectivity index (χ0) is 14.1. The lowest BCUT2D eigenvalue weighted by molar-refractivity contribution is -0.114. The number of nitrogens with one attached hydrogen (secondary N) is 2. The topological polar surface area (TPSA) is 33.3 Å². The Morgan fingerprint density at radius 1 is 1.42 bits per heavy atom. The Kier molecular flexibility index (Phi) is 7.45. The summed E-state index contributed by atoms with van der Waals surface area (Å²) in [5, 5.41) is 7.15. The molecule has 3 nitrogen and oxygen atoms in total. The standard InChI is InChI=1S/C16H30N2O/c1-5-8-9-10-15(7-3)16(19-11-6-2)13-17-14(4)12-18-16/h2,14-15,17-18H,5,7-13H2,1,3-4H3/t14-,15?,16?/m1/s1. The molecule has 3 heteroatoms. The van der Waals surface area contributed by atoms with E-state index >= 15 is 0 Å². The summed E-state index contributed by atoms with van der Waals surface area (Å²) in [6.45, 7) is 8.85. The SMILES string of the molecule is C#CCOC1(C(CC)CCCCC)CN[C@H](C)CN1. The van der Waals surface area contributed by atoms with Gasteiger partial charge in [-0.3, -0.25) is 5.32 Å². The van der Waals surface area contributed by atoms with Crippen LogP contribution in [-0.4, -0.2) is 31.5 Å². The molecule has 1 aliphatic heterocycles. The predicted molar refractivity (Wildman–Crippen MR) is 80.9 cm³/mol. The zero-order valence-corrected chi connectivity index (χ0v) is 12.8. The van der Waals surface area contributed by atoms with Crippen molar-refractivity contribution in [1.29, 1.82) is 0 Å². The number of terminal acetylenes is 1. The van der Waals surface area contributed by atoms with E-state index in [2.05, 4.69) is 37.3 Å². The molecule has 110 valence electrons. The molecule has 1 rings (SSSR count). The molecule has 1 saturated heterocycles. The van der Waals surface area contributed by atoms with E-state index in [9.17, 15) is 0 Å². The maximum absolute atomic E-state index is 6.04. The third kappa shape index (κ3) is 4.80. The fourth-order valence-corrected chi connectivity index (χ4v) is 2.87. The third-order valence-corrected chi connectivity index (χ3v) is 4.14. The Bertz CT molecular complexity index is 277. The average molecular weight is 266 g/mol. The molecule has 0 aromatic heterocycles. The Morgan fingerprint density at radius 3 is 2.74 bits per heavy atom. The van der Waals surface area contributed by atoms with Gasteiger partial charge in [-0.2, -0.15) is 0 Å². The summed E-state index contributed by atoms with van der Waals surface area (Å²) in [6, 6.07) is 0.496. The number of rotatable bonds is 8. The second-order valence-electron chi connectivity index (χ2n) is 5.65. The van der Waals surface area contributed by atoms with E-state index in [1.807, 2.05) is 0 Å². The van der Waals surface area contributed by atoms with E-state index in [1.165, 1.54) is 25.7 Å². The molecular weight excluding hydrogens is 236 g/mol. The van der Waals surface area contributed by atoms with E-state index in [4.69, 9.17) is 11.2 Å². The van der Waals surface area contributed by atoms with Gasteiger partial charge in [-0.25, -0.2) is 0 Å². The van der Waals surface area contributed by atoms with Gasteiger partial charge >= 0.3 is 0 Å². The first-order valence-electron chi connectivity index (χ1n) is 7.74. The van der Waals surface area contributed by atoms with Crippen LogP contribution >= 0.6 is 0 Å². The molecule has 0 aromatic carbocycles. The molecule has 1 aliphatic rings. The molecule has 2 unspecified atom stereocenters. The van der Waals surface area contributed by atoms with Crippen molar-refractivity contribution >= 4 is 0 Å². The van der Waals surface area contributed by atoms with Gasteiger partial charge in [-0.05, 0) is 19.8 Å². The molecule has 0 bridgehead atoms. The van der Waals surface area contributed by atoms with E-state index in [0.717, 1.165) is 19.5 Å². The normalized spacial score (nSPS) is 28.8. The average Bonchev–Trinajstić information content (AvgIpc) is 2.44. The molecule has 0 saturated carbocycles. The number of unbranched alkanes of at least 4 members (excludes halogenated alkanes) is 2. The lowest BCUT2D eigenvalue weighted by Gasteiger charge is -2.45. The van der Waals surface area contributed by atoms with Crippen molar-refractivity contribution in [2.24, 2.45) is 5.92 Å². The zero-order valence-electron chi connectivity index (χ0n) is 12.8. The fourth-order valence-electron chi connectivity index (χ4n) is 2.87. The molecular formula is C16H30N2O. The molecule has 1 fully saturated rings. The van der Waals surface area contributed by atoms with Crippen molar-refractivity contribution in [1.82, 2.24) is 10.6 Å². The Hall–Kier alpha value is -0.560. The highest BCUT2D eigenvalue weighted by Gasteiger charge is 2.40. The van der Waals surface area contributed by atoms with Gasteiger partial charge in [0.2, 0.25) is 0 Å². The van der Waals surface area contributed by atoms with Gasteiger partial charge in [0.1, 0.15) is 12.3 Å². The van der Waals surface area contributed by atoms with Crippen LogP contribution in [0, 0.1) is 18.3 Å². The maximum Gasteiger partial charge on any atom is 0.135 e. The van der Waals surface area contributed by atoms with Crippen molar-refractivity contribution in [3.05, 3.63) is 0 Å². The van der Waals surface area contributed by atoms with Gasteiger partial charge in [-0.1, -0.05) is 39.0 Å². The Balaban J connectivity index is 2.67. The van der Waals surface area contributed by atoms with Crippen LogP contribution in [0.3, 0.4) is 0 Å². The first kappa shape index (κ1) is 16.5. The van der Waals surface area contributed by atoms with E-state index in [1.54, 1.807) is 0 Å². The highest BCUT2D eigenvalue weighted by Crippen LogP contribution is 2.29. The molecule has 0 amide bonds. The van der Waals surface area contributed by atoms with E-state index in [0.29, 0.717) is 18.6 Å². The molecule has 0 aliphatic carbocycles. The molecule has 3 atom stereocenters. The monoisotopic (exact) mass is 266 g/mol. The lowest BCUT2D eigenvalue weighted by Crippen LogP contribution is -2.67. The Labute approximate surface area is 118 Å². The van der Waals surface area contributed by atoms with Gasteiger partial charge in [0.05, 0.1) is 0 Å². The maximum atomic E-state index is 6.04. The van der Waals surface area contributed by atoms with Crippen LogP contribution in [0.1, 0.15) is 52.9 Å². The summed E-state index contributed by atoms with van der Waals surface area (Å²) in [5.41, 5.74) is -0.276. The third-order valence-electron chi connectivity index (χ3n) is 4.14. The van der Waals surface area contributed by atoms with Crippen LogP contribution < -0.4 is 10.6 Å². The lowest BCUT2D eigenvalue weighted by atomic mass is 9.86. The summed E-state index contributed by atoms with van der Waals surface area (Å²) in [4.78, 5) is 0. The van der Waals surface area contributed by atoms with Crippen molar-refractivity contribution < 1.29 is 4.74 Å². The van der Waals surface area contributed by atoms with Crippen LogP contribution in [0.4, 0.5) is 0 Å². The van der Waals surface area contributed by atoms with E-state index in [-0.39, 0.29) is 5.72 Å². The second-order valence-corrected chi connectivity index (χ2v) is 5.65. The quantitative estimate of drug-likeness (QED) is 0.523. The van der Waals surface area contributed by atoms with Crippen LogP contribution in [0.2, 0.25) is 0 Å². The molecule has 1 heterocycles. The molecule has 2 N–H and O–H groups in total. The first-order chi connectivity index (χ1) is 9.18. The van der Waals surface area contributed by atoms with Crippen LogP contribution in [0.5, 0.6) is 0 Å². The highest BCUT2D eigenvalue weighted by molar-refractivity contribution is 4.95. The van der Waals surface area contributed by atoms with Gasteiger partial charge < -0.3 is 10.1 Å². The molecule has 0 spiro atoms. The predicted octanol–water partition coefficient (Wildman–Crippen LogP) is 2.52. The van der Waals surface area contributed by atoms with Gasteiger partial charge in [0, 0.05) is 25.0 Å². The van der Waals surface area contributed by atoms with Gasteiger partial charge in [-0.15, -0.1) is 6.42 Å². The number of hydrogen-bond donors (Lipinski definition) is 2. The van der Waals surface area contributed by atoms with Crippen molar-refractivity contribution in [3.63, 3.8) is 0 Å². The minimum atomic E-state index is -0.276. The molecule has 0 aromatic rings. The number of piperazine rings is 1. The summed E-state index contributed by atoms with van der Waals surface area (Å²) < 4.78 is 6.04. The summed E-state index contributed by atoms with van der Waals surface area (Å²) in [5.74, 6) is 3.13. The number of ether oxygens (including phenoxy) is 1.